The van der Waals surface area contributed by atoms with Gasteiger partial charge in [0.15, 0.2) is 5.17 Å². The summed E-state index contributed by atoms with van der Waals surface area (Å²) in [5.41, 5.74) is 11.8. The van der Waals surface area contributed by atoms with Gasteiger partial charge in [-0.05, 0) is 103 Å². The number of aryl methyl sites for hydroxylation is 1. The van der Waals surface area contributed by atoms with Crippen LogP contribution in [0.1, 0.15) is 69.3 Å². The first kappa shape index (κ1) is 34.6. The molecule has 4 unspecified atom stereocenters. The molecule has 11 heteroatoms. The van der Waals surface area contributed by atoms with Gasteiger partial charge < -0.3 is 11.1 Å². The molecular formula is C43H37N7OS3. The standard InChI is InChI=1S/C43H37N7OS3/c1-50-39(51)43(15-7-14-35-32(43)22-36(53-35)29-12-5-10-27(18-29)24-44)49-41(50)47-34-21-31(20-26-8-3-2-4-9-26)42(16-17-52-40(46)48-42)33-23-37(54-38(33)34)30-13-6-11-28(19-30)25-45/h2-6,8-13,18-19,22-23,31,34H,7,14-17,20-21H2,1H3,(H2,46,48)(H,47,49). The molecule has 2 aromatic heterocycles. The number of fused-ring (bicyclic) bond motifs is 4. The predicted molar refractivity (Wildman–Crippen MR) is 218 cm³/mol. The van der Waals surface area contributed by atoms with E-state index >= 15 is 0 Å². The minimum atomic E-state index is -0.900. The highest BCUT2D eigenvalue weighted by atomic mass is 32.2. The van der Waals surface area contributed by atoms with Crippen molar-refractivity contribution < 1.29 is 4.79 Å². The van der Waals surface area contributed by atoms with Gasteiger partial charge in [0, 0.05) is 37.9 Å². The van der Waals surface area contributed by atoms with Crippen LogP contribution in [0.3, 0.4) is 0 Å². The number of hydrogen-bond acceptors (Lipinski definition) is 9. The van der Waals surface area contributed by atoms with Crippen LogP contribution in [0.15, 0.2) is 101 Å². The van der Waals surface area contributed by atoms with Crippen LogP contribution in [-0.4, -0.2) is 34.7 Å². The van der Waals surface area contributed by atoms with E-state index in [-0.39, 0.29) is 17.9 Å². The molecule has 2 aliphatic carbocycles. The second kappa shape index (κ2) is 13.6. The maximum atomic E-state index is 14.5. The van der Waals surface area contributed by atoms with Crippen LogP contribution in [0.25, 0.3) is 20.9 Å². The fourth-order valence-corrected chi connectivity index (χ4v) is 12.3. The Morgan fingerprint density at radius 1 is 0.926 bits per heavy atom. The molecule has 4 aliphatic rings. The van der Waals surface area contributed by atoms with Crippen molar-refractivity contribution in [3.63, 3.8) is 0 Å². The summed E-state index contributed by atoms with van der Waals surface area (Å²) in [5, 5.41) is 23.6. The first-order chi connectivity index (χ1) is 26.3. The Labute approximate surface area is 327 Å². The van der Waals surface area contributed by atoms with Crippen LogP contribution in [0.5, 0.6) is 0 Å². The average Bonchev–Trinajstić information content (AvgIpc) is 3.92. The summed E-state index contributed by atoms with van der Waals surface area (Å²) in [7, 11) is 1.84. The first-order valence-electron chi connectivity index (χ1n) is 18.2. The molecule has 2 spiro atoms. The van der Waals surface area contributed by atoms with Gasteiger partial charge in [-0.25, -0.2) is 4.99 Å². The first-order valence-corrected chi connectivity index (χ1v) is 20.9. The summed E-state index contributed by atoms with van der Waals surface area (Å²) in [4.78, 5) is 31.5. The van der Waals surface area contributed by atoms with E-state index in [2.05, 4.69) is 59.9 Å². The number of amidine groups is 1. The van der Waals surface area contributed by atoms with E-state index in [0.29, 0.717) is 28.7 Å². The maximum Gasteiger partial charge on any atom is 0.259 e. The third kappa shape index (κ3) is 5.74. The van der Waals surface area contributed by atoms with Gasteiger partial charge in [0.05, 0.1) is 34.8 Å². The monoisotopic (exact) mass is 763 g/mol. The molecule has 0 bridgehead atoms. The second-order valence-corrected chi connectivity index (χ2v) is 17.9. The largest absolute Gasteiger partial charge is 0.379 e. The Hall–Kier alpha value is -5.20. The molecule has 0 radical (unpaired) electrons. The van der Waals surface area contributed by atoms with E-state index in [1.165, 1.54) is 10.4 Å². The smallest absolute Gasteiger partial charge is 0.259 e. The molecule has 54 heavy (non-hydrogen) atoms. The molecule has 8 nitrogen and oxygen atoms in total. The van der Waals surface area contributed by atoms with Gasteiger partial charge in [-0.15, -0.1) is 22.7 Å². The van der Waals surface area contributed by atoms with Crippen molar-refractivity contribution in [3.8, 4) is 33.0 Å². The molecule has 268 valence electrons. The molecule has 5 aromatic rings. The number of carbonyl (C=O) groups excluding carboxylic acids is 1. The molecule has 1 fully saturated rings. The van der Waals surface area contributed by atoms with Crippen molar-refractivity contribution in [2.75, 3.05) is 12.8 Å². The van der Waals surface area contributed by atoms with Crippen LogP contribution in [-0.2, 0) is 28.7 Å². The number of aliphatic imine (C=N–C) groups is 2. The molecule has 4 atom stereocenters. The number of nitrogens with one attached hydrogen (secondary N) is 1. The molecule has 2 aliphatic heterocycles. The van der Waals surface area contributed by atoms with Crippen LogP contribution in [0.4, 0.5) is 0 Å². The number of nitriles is 2. The van der Waals surface area contributed by atoms with Gasteiger partial charge in [0.2, 0.25) is 5.96 Å². The molecule has 3 N–H and O–H groups in total. The van der Waals surface area contributed by atoms with E-state index in [4.69, 9.17) is 15.7 Å². The van der Waals surface area contributed by atoms with E-state index in [1.54, 1.807) is 39.3 Å². The van der Waals surface area contributed by atoms with Gasteiger partial charge in [0.1, 0.15) is 5.54 Å². The molecule has 0 saturated carbocycles. The number of thiophene rings is 2. The molecule has 3 aromatic carbocycles. The Balaban J connectivity index is 1.15. The molecular weight excluding hydrogens is 727 g/mol. The summed E-state index contributed by atoms with van der Waals surface area (Å²) in [6, 6.07) is 34.8. The summed E-state index contributed by atoms with van der Waals surface area (Å²) in [5.74, 6) is 1.57. The van der Waals surface area contributed by atoms with Gasteiger partial charge in [-0.2, -0.15) is 10.5 Å². The number of hydrogen-bond donors (Lipinski definition) is 2. The number of likely N-dealkylation sites (N-methyl/N-ethyl adjacent to an activating group) is 1. The summed E-state index contributed by atoms with van der Waals surface area (Å²) < 4.78 is 0. The van der Waals surface area contributed by atoms with Gasteiger partial charge in [0.25, 0.3) is 5.91 Å². The highest BCUT2D eigenvalue weighted by Gasteiger charge is 2.54. The van der Waals surface area contributed by atoms with Crippen molar-refractivity contribution in [2.45, 2.75) is 55.6 Å². The fourth-order valence-electron chi connectivity index (χ4n) is 8.85. The summed E-state index contributed by atoms with van der Waals surface area (Å²) in [6.07, 6.45) is 4.89. The second-order valence-electron chi connectivity index (χ2n) is 14.5. The highest BCUT2D eigenvalue weighted by molar-refractivity contribution is 8.13. The van der Waals surface area contributed by atoms with Crippen LogP contribution < -0.4 is 11.1 Å². The quantitative estimate of drug-likeness (QED) is 0.185. The molecule has 4 heterocycles. The minimum absolute atomic E-state index is 0.00697. The van der Waals surface area contributed by atoms with Crippen molar-refractivity contribution in [3.05, 3.63) is 129 Å². The normalized spacial score (nSPS) is 25.2. The van der Waals surface area contributed by atoms with Crippen molar-refractivity contribution >= 4 is 51.5 Å². The third-order valence-corrected chi connectivity index (χ3v) is 14.8. The number of thioether (sulfide) groups is 1. The maximum absolute atomic E-state index is 14.5. The lowest BCUT2D eigenvalue weighted by Crippen LogP contribution is -2.46. The fraction of sp³-hybridized carbons (Fsp3) is 0.279. The lowest BCUT2D eigenvalue weighted by atomic mass is 9.66. The number of benzene rings is 3. The zero-order chi connectivity index (χ0) is 37.0. The van der Waals surface area contributed by atoms with Gasteiger partial charge >= 0.3 is 0 Å². The zero-order valence-corrected chi connectivity index (χ0v) is 32.2. The van der Waals surface area contributed by atoms with Crippen LogP contribution >= 0.6 is 34.4 Å². The number of nitrogens with zero attached hydrogens (tertiary/aromatic N) is 5. The van der Waals surface area contributed by atoms with E-state index in [9.17, 15) is 15.3 Å². The third-order valence-electron chi connectivity index (χ3n) is 11.4. The Morgan fingerprint density at radius 3 is 2.33 bits per heavy atom. The number of amides is 1. The lowest BCUT2D eigenvalue weighted by molar-refractivity contribution is -0.131. The topological polar surface area (TPSA) is 131 Å². The van der Waals surface area contributed by atoms with E-state index < -0.39 is 11.1 Å². The summed E-state index contributed by atoms with van der Waals surface area (Å²) in [6.45, 7) is 0. The van der Waals surface area contributed by atoms with Crippen molar-refractivity contribution in [2.24, 2.45) is 21.6 Å². The van der Waals surface area contributed by atoms with Gasteiger partial charge in [-0.1, -0.05) is 66.4 Å². The Morgan fingerprint density at radius 2 is 1.63 bits per heavy atom. The average molecular weight is 764 g/mol. The lowest BCUT2D eigenvalue weighted by Gasteiger charge is -2.45. The number of guanidine groups is 1. The Kier molecular flexibility index (Phi) is 8.69. The van der Waals surface area contributed by atoms with Crippen molar-refractivity contribution in [1.29, 1.82) is 10.5 Å². The van der Waals surface area contributed by atoms with E-state index in [1.807, 2.05) is 55.6 Å². The molecule has 1 saturated heterocycles. The molecule has 1 amide bonds. The van der Waals surface area contributed by atoms with Crippen molar-refractivity contribution in [1.82, 2.24) is 10.2 Å². The SMILES string of the molecule is CN1C(=O)C2(CCCc3sc(-c4cccc(C#N)c4)cc32)NC1=NC1CC(Cc2ccccc2)C2(CCSC(N)=N2)c2cc(-c3cccc(C#N)c3)sc21. The van der Waals surface area contributed by atoms with Gasteiger partial charge in [-0.3, -0.25) is 14.7 Å². The Bertz CT molecular complexity index is 2450. The number of nitrogens with two attached hydrogens (primary N) is 1. The highest BCUT2D eigenvalue weighted by Crippen LogP contribution is 2.57. The number of carbonyl (C=O) groups is 1. The molecule has 9 rings (SSSR count). The minimum Gasteiger partial charge on any atom is -0.379 e. The number of rotatable bonds is 5. The summed E-state index contributed by atoms with van der Waals surface area (Å²) >= 11 is 5.04. The predicted octanol–water partition coefficient (Wildman–Crippen LogP) is 8.49. The van der Waals surface area contributed by atoms with Crippen LogP contribution in [0, 0.1) is 28.6 Å². The van der Waals surface area contributed by atoms with Crippen LogP contribution in [0.2, 0.25) is 0 Å². The van der Waals surface area contributed by atoms with E-state index in [0.717, 1.165) is 74.7 Å². The zero-order valence-electron chi connectivity index (χ0n) is 29.7.